The molecule has 2 unspecified atom stereocenters. The summed E-state index contributed by atoms with van der Waals surface area (Å²) in [4.78, 5) is 31.2. The summed E-state index contributed by atoms with van der Waals surface area (Å²) >= 11 is 0. The van der Waals surface area contributed by atoms with Gasteiger partial charge < -0.3 is 10.6 Å². The van der Waals surface area contributed by atoms with E-state index < -0.39 is 0 Å². The first-order valence-electron chi connectivity index (χ1n) is 8.07. The average molecular weight is 351 g/mol. The fourth-order valence-corrected chi connectivity index (χ4v) is 3.27. The molecule has 1 aromatic heterocycles. The van der Waals surface area contributed by atoms with Crippen LogP contribution in [0.15, 0.2) is 35.4 Å². The first kappa shape index (κ1) is 18.4. The van der Waals surface area contributed by atoms with Gasteiger partial charge in [0, 0.05) is 18.6 Å². The summed E-state index contributed by atoms with van der Waals surface area (Å²) in [5.74, 6) is -0.0637. The molecule has 1 amide bonds. The van der Waals surface area contributed by atoms with Crippen LogP contribution >= 0.6 is 12.4 Å². The molecule has 24 heavy (non-hydrogen) atoms. The third-order valence-electron chi connectivity index (χ3n) is 4.51. The zero-order chi connectivity index (χ0) is 16.4. The van der Waals surface area contributed by atoms with Crippen molar-refractivity contribution in [3.05, 3.63) is 40.9 Å². The van der Waals surface area contributed by atoms with Gasteiger partial charge in [-0.05, 0) is 38.3 Å². The minimum atomic E-state index is -0.182. The van der Waals surface area contributed by atoms with Crippen molar-refractivity contribution < 1.29 is 4.79 Å². The lowest BCUT2D eigenvalue weighted by Gasteiger charge is -2.38. The number of rotatable bonds is 3. The Balaban J connectivity index is 0.00000208. The molecule has 2 aromatic rings. The highest BCUT2D eigenvalue weighted by Crippen LogP contribution is 2.19. The van der Waals surface area contributed by atoms with Crippen molar-refractivity contribution in [3.63, 3.8) is 0 Å². The number of nitrogens with zero attached hydrogens (tertiary/aromatic N) is 3. The third-order valence-corrected chi connectivity index (χ3v) is 4.51. The maximum Gasteiger partial charge on any atom is 0.261 e. The van der Waals surface area contributed by atoms with Gasteiger partial charge in [-0.2, -0.15) is 0 Å². The molecule has 0 saturated carbocycles. The Hall–Kier alpha value is -1.92. The Morgan fingerprint density at radius 1 is 1.38 bits per heavy atom. The monoisotopic (exact) mass is 350 g/mol. The number of hydrogen-bond donors (Lipinski definition) is 1. The zero-order valence-electron chi connectivity index (χ0n) is 13.7. The van der Waals surface area contributed by atoms with Gasteiger partial charge in [-0.15, -0.1) is 12.4 Å². The Kier molecular flexibility index (Phi) is 5.96. The minimum absolute atomic E-state index is 0. The van der Waals surface area contributed by atoms with E-state index in [4.69, 9.17) is 5.73 Å². The number of benzene rings is 1. The molecule has 1 aliphatic rings. The molecule has 1 aliphatic heterocycles. The molecule has 7 heteroatoms. The van der Waals surface area contributed by atoms with E-state index in [0.29, 0.717) is 17.4 Å². The van der Waals surface area contributed by atoms with Gasteiger partial charge in [0.1, 0.15) is 6.54 Å². The van der Waals surface area contributed by atoms with Crippen LogP contribution in [0.1, 0.15) is 26.2 Å². The first-order valence-corrected chi connectivity index (χ1v) is 8.07. The molecular weight excluding hydrogens is 328 g/mol. The molecule has 1 aromatic carbocycles. The fraction of sp³-hybridized carbons (Fsp3) is 0.471. The second-order valence-corrected chi connectivity index (χ2v) is 6.20. The Labute approximate surface area is 147 Å². The summed E-state index contributed by atoms with van der Waals surface area (Å²) in [7, 11) is 0. The second-order valence-electron chi connectivity index (χ2n) is 6.20. The number of carbonyl (C=O) groups is 1. The largest absolute Gasteiger partial charge is 0.337 e. The van der Waals surface area contributed by atoms with Crippen LogP contribution in [0, 0.1) is 0 Å². The standard InChI is InChI=1S/C17H22N4O2.ClH/c1-12(18)15-8-4-5-9-21(15)16(22)10-20-11-19-14-7-3-2-6-13(14)17(20)23;/h2-3,6-7,11-12,15H,4-5,8-10,18H2,1H3;1H. The number of aromatic nitrogens is 2. The van der Waals surface area contributed by atoms with E-state index in [2.05, 4.69) is 4.98 Å². The maximum atomic E-state index is 12.7. The zero-order valence-corrected chi connectivity index (χ0v) is 14.5. The van der Waals surface area contributed by atoms with Gasteiger partial charge in [-0.25, -0.2) is 4.98 Å². The van der Waals surface area contributed by atoms with E-state index in [9.17, 15) is 9.59 Å². The molecule has 0 spiro atoms. The van der Waals surface area contributed by atoms with E-state index in [1.54, 1.807) is 18.2 Å². The van der Waals surface area contributed by atoms with Crippen LogP contribution in [-0.4, -0.2) is 39.0 Å². The van der Waals surface area contributed by atoms with E-state index in [1.807, 2.05) is 17.9 Å². The highest BCUT2D eigenvalue weighted by Gasteiger charge is 2.29. The second kappa shape index (κ2) is 7.77. The molecule has 2 heterocycles. The molecule has 6 nitrogen and oxygen atoms in total. The van der Waals surface area contributed by atoms with E-state index >= 15 is 0 Å². The molecular formula is C17H23ClN4O2. The lowest BCUT2D eigenvalue weighted by Crippen LogP contribution is -2.52. The summed E-state index contributed by atoms with van der Waals surface area (Å²) in [5.41, 5.74) is 6.48. The predicted molar refractivity (Wildman–Crippen MR) is 96.3 cm³/mol. The molecule has 1 fully saturated rings. The SMILES string of the molecule is CC(N)C1CCCCN1C(=O)Cn1cnc2ccccc2c1=O.Cl. The Bertz CT molecular complexity index is 775. The van der Waals surface area contributed by atoms with Crippen LogP contribution in [0.4, 0.5) is 0 Å². The van der Waals surface area contributed by atoms with Crippen LogP contribution in [0.3, 0.4) is 0 Å². The van der Waals surface area contributed by atoms with Crippen LogP contribution in [-0.2, 0) is 11.3 Å². The third kappa shape index (κ3) is 3.60. The predicted octanol–water partition coefficient (Wildman–Crippen LogP) is 1.55. The topological polar surface area (TPSA) is 81.2 Å². The number of para-hydroxylation sites is 1. The van der Waals surface area contributed by atoms with Crippen LogP contribution in [0.5, 0.6) is 0 Å². The number of amides is 1. The van der Waals surface area contributed by atoms with Crippen molar-refractivity contribution in [1.82, 2.24) is 14.5 Å². The number of halogens is 1. The number of piperidine rings is 1. The molecule has 1 saturated heterocycles. The maximum absolute atomic E-state index is 12.7. The summed E-state index contributed by atoms with van der Waals surface area (Å²) in [6, 6.07) is 7.15. The quantitative estimate of drug-likeness (QED) is 0.910. The van der Waals surface area contributed by atoms with Gasteiger partial charge in [0.05, 0.1) is 17.2 Å². The number of nitrogens with two attached hydrogens (primary N) is 1. The van der Waals surface area contributed by atoms with Crippen molar-refractivity contribution in [2.75, 3.05) is 6.54 Å². The van der Waals surface area contributed by atoms with Crippen molar-refractivity contribution in [1.29, 1.82) is 0 Å². The van der Waals surface area contributed by atoms with Crippen LogP contribution in [0.25, 0.3) is 10.9 Å². The number of hydrogen-bond acceptors (Lipinski definition) is 4. The lowest BCUT2D eigenvalue weighted by atomic mass is 9.97. The molecule has 3 rings (SSSR count). The average Bonchev–Trinajstić information content (AvgIpc) is 2.57. The van der Waals surface area contributed by atoms with Gasteiger partial charge in [0.15, 0.2) is 0 Å². The van der Waals surface area contributed by atoms with E-state index in [0.717, 1.165) is 19.3 Å². The summed E-state index contributed by atoms with van der Waals surface area (Å²) in [6.07, 6.45) is 4.45. The van der Waals surface area contributed by atoms with E-state index in [-0.39, 0.29) is 42.5 Å². The summed E-state index contributed by atoms with van der Waals surface area (Å²) in [6.45, 7) is 2.65. The highest BCUT2D eigenvalue weighted by molar-refractivity contribution is 5.85. The van der Waals surface area contributed by atoms with Gasteiger partial charge in [-0.1, -0.05) is 12.1 Å². The molecule has 130 valence electrons. The van der Waals surface area contributed by atoms with Crippen molar-refractivity contribution in [2.45, 2.75) is 44.8 Å². The first-order chi connectivity index (χ1) is 11.1. The van der Waals surface area contributed by atoms with Crippen LogP contribution < -0.4 is 11.3 Å². The molecule has 0 bridgehead atoms. The Morgan fingerprint density at radius 2 is 2.12 bits per heavy atom. The molecule has 2 N–H and O–H groups in total. The van der Waals surface area contributed by atoms with Crippen molar-refractivity contribution in [2.24, 2.45) is 5.73 Å². The van der Waals surface area contributed by atoms with Gasteiger partial charge >= 0.3 is 0 Å². The van der Waals surface area contributed by atoms with E-state index in [1.165, 1.54) is 10.9 Å². The Morgan fingerprint density at radius 3 is 2.88 bits per heavy atom. The number of fused-ring (bicyclic) bond motifs is 1. The molecule has 2 atom stereocenters. The van der Waals surface area contributed by atoms with Crippen molar-refractivity contribution in [3.8, 4) is 0 Å². The summed E-state index contributed by atoms with van der Waals surface area (Å²) < 4.78 is 1.39. The fourth-order valence-electron chi connectivity index (χ4n) is 3.27. The highest BCUT2D eigenvalue weighted by atomic mass is 35.5. The molecule has 0 aliphatic carbocycles. The lowest BCUT2D eigenvalue weighted by molar-refractivity contribution is -0.136. The molecule has 0 radical (unpaired) electrons. The number of likely N-dealkylation sites (tertiary alicyclic amines) is 1. The van der Waals surface area contributed by atoms with Gasteiger partial charge in [-0.3, -0.25) is 14.2 Å². The normalized spacial score (nSPS) is 18.9. The van der Waals surface area contributed by atoms with Crippen molar-refractivity contribution >= 4 is 29.2 Å². The minimum Gasteiger partial charge on any atom is -0.337 e. The van der Waals surface area contributed by atoms with Gasteiger partial charge in [0.25, 0.3) is 5.56 Å². The van der Waals surface area contributed by atoms with Crippen LogP contribution in [0.2, 0.25) is 0 Å². The van der Waals surface area contributed by atoms with Gasteiger partial charge in [0.2, 0.25) is 5.91 Å². The summed E-state index contributed by atoms with van der Waals surface area (Å²) in [5, 5.41) is 0.533. The number of carbonyl (C=O) groups excluding carboxylic acids is 1. The smallest absolute Gasteiger partial charge is 0.261 e.